The Balaban J connectivity index is 2.01. The van der Waals surface area contributed by atoms with Crippen molar-refractivity contribution in [1.29, 1.82) is 0 Å². The van der Waals surface area contributed by atoms with E-state index in [4.69, 9.17) is 9.47 Å². The molecule has 0 spiro atoms. The summed E-state index contributed by atoms with van der Waals surface area (Å²) < 4.78 is 10.9. The maximum atomic E-state index is 11.5. The van der Waals surface area contributed by atoms with Gasteiger partial charge in [0, 0.05) is 25.2 Å². The van der Waals surface area contributed by atoms with Crippen LogP contribution >= 0.6 is 0 Å². The van der Waals surface area contributed by atoms with Gasteiger partial charge in [0.2, 0.25) is 0 Å². The first-order valence-electron chi connectivity index (χ1n) is 7.89. The molecule has 1 aliphatic heterocycles. The second kappa shape index (κ2) is 8.72. The van der Waals surface area contributed by atoms with Crippen molar-refractivity contribution in [3.8, 4) is 5.75 Å². The fourth-order valence-corrected chi connectivity index (χ4v) is 2.60. The van der Waals surface area contributed by atoms with Gasteiger partial charge in [0.1, 0.15) is 5.75 Å². The SMILES string of the molecule is CC(=O)c1cc(CO)c(OCCCN2CCOCC2)cc1[N+](=O)[O-]. The number of aliphatic hydroxyl groups is 1. The van der Waals surface area contributed by atoms with Crippen molar-refractivity contribution in [3.63, 3.8) is 0 Å². The molecule has 0 radical (unpaired) electrons. The number of Topliss-reactive ketones (excluding diaryl/α,β-unsaturated/α-hetero) is 1. The number of ketones is 1. The molecule has 0 atom stereocenters. The molecule has 1 saturated heterocycles. The summed E-state index contributed by atoms with van der Waals surface area (Å²) in [6.07, 6.45) is 0.757. The van der Waals surface area contributed by atoms with Gasteiger partial charge in [0.15, 0.2) is 5.78 Å². The molecule has 1 aromatic rings. The second-order valence-corrected chi connectivity index (χ2v) is 5.60. The van der Waals surface area contributed by atoms with Gasteiger partial charge in [-0.3, -0.25) is 19.8 Å². The minimum Gasteiger partial charge on any atom is -0.493 e. The van der Waals surface area contributed by atoms with Crippen molar-refractivity contribution in [2.45, 2.75) is 20.0 Å². The highest BCUT2D eigenvalue weighted by Crippen LogP contribution is 2.29. The van der Waals surface area contributed by atoms with Gasteiger partial charge in [-0.15, -0.1) is 0 Å². The largest absolute Gasteiger partial charge is 0.493 e. The Labute approximate surface area is 140 Å². The number of carbonyl (C=O) groups is 1. The van der Waals surface area contributed by atoms with Crippen molar-refractivity contribution in [2.75, 3.05) is 39.5 Å². The summed E-state index contributed by atoms with van der Waals surface area (Å²) in [6, 6.07) is 2.55. The Kier molecular flexibility index (Phi) is 6.65. The van der Waals surface area contributed by atoms with Crippen LogP contribution in [0.3, 0.4) is 0 Å². The van der Waals surface area contributed by atoms with E-state index < -0.39 is 10.7 Å². The second-order valence-electron chi connectivity index (χ2n) is 5.60. The summed E-state index contributed by atoms with van der Waals surface area (Å²) in [7, 11) is 0. The lowest BCUT2D eigenvalue weighted by Crippen LogP contribution is -2.37. The first kappa shape index (κ1) is 18.3. The number of hydrogen-bond donors (Lipinski definition) is 1. The maximum absolute atomic E-state index is 11.5. The van der Waals surface area contributed by atoms with Crippen molar-refractivity contribution in [1.82, 2.24) is 4.90 Å². The smallest absolute Gasteiger partial charge is 0.283 e. The van der Waals surface area contributed by atoms with E-state index in [9.17, 15) is 20.0 Å². The monoisotopic (exact) mass is 338 g/mol. The summed E-state index contributed by atoms with van der Waals surface area (Å²) in [5, 5.41) is 20.6. The zero-order chi connectivity index (χ0) is 17.5. The minimum absolute atomic E-state index is 0.0234. The summed E-state index contributed by atoms with van der Waals surface area (Å²) >= 11 is 0. The Bertz CT molecular complexity index is 598. The third-order valence-corrected chi connectivity index (χ3v) is 3.91. The average molecular weight is 338 g/mol. The van der Waals surface area contributed by atoms with E-state index in [1.54, 1.807) is 0 Å². The van der Waals surface area contributed by atoms with Gasteiger partial charge in [-0.05, 0) is 19.4 Å². The standard InChI is InChI=1S/C16H22N2O6/c1-12(20)14-9-13(11-19)16(10-15(14)18(21)22)24-6-2-3-17-4-7-23-8-5-17/h9-10,19H,2-8,11H2,1H3. The molecule has 0 aromatic heterocycles. The summed E-state index contributed by atoms with van der Waals surface area (Å²) in [5.74, 6) is -0.175. The Hall–Kier alpha value is -2.03. The molecule has 1 fully saturated rings. The zero-order valence-electron chi connectivity index (χ0n) is 13.7. The van der Waals surface area contributed by atoms with Crippen LogP contribution in [0, 0.1) is 10.1 Å². The molecule has 8 nitrogen and oxygen atoms in total. The molecule has 24 heavy (non-hydrogen) atoms. The quantitative estimate of drug-likeness (QED) is 0.331. The van der Waals surface area contributed by atoms with E-state index in [1.165, 1.54) is 19.1 Å². The molecular weight excluding hydrogens is 316 g/mol. The molecule has 2 rings (SSSR count). The van der Waals surface area contributed by atoms with Crippen LogP contribution in [0.5, 0.6) is 5.75 Å². The van der Waals surface area contributed by atoms with E-state index in [2.05, 4.69) is 4.90 Å². The number of hydrogen-bond acceptors (Lipinski definition) is 7. The number of morpholine rings is 1. The van der Waals surface area contributed by atoms with Gasteiger partial charge in [-0.2, -0.15) is 0 Å². The van der Waals surface area contributed by atoms with Gasteiger partial charge in [-0.25, -0.2) is 0 Å². The van der Waals surface area contributed by atoms with Crippen LogP contribution in [-0.4, -0.2) is 60.2 Å². The van der Waals surface area contributed by atoms with Crippen LogP contribution in [0.25, 0.3) is 0 Å². The molecular formula is C16H22N2O6. The maximum Gasteiger partial charge on any atom is 0.283 e. The lowest BCUT2D eigenvalue weighted by molar-refractivity contribution is -0.385. The molecule has 8 heteroatoms. The highest BCUT2D eigenvalue weighted by molar-refractivity contribution is 5.98. The van der Waals surface area contributed by atoms with Crippen LogP contribution in [0.15, 0.2) is 12.1 Å². The van der Waals surface area contributed by atoms with E-state index in [0.29, 0.717) is 12.2 Å². The summed E-state index contributed by atoms with van der Waals surface area (Å²) in [6.45, 7) is 5.37. The van der Waals surface area contributed by atoms with Crippen LogP contribution in [0.1, 0.15) is 29.3 Å². The number of nitro groups is 1. The molecule has 132 valence electrons. The van der Waals surface area contributed by atoms with E-state index in [1.807, 2.05) is 0 Å². The number of ether oxygens (including phenoxy) is 2. The molecule has 1 N–H and O–H groups in total. The highest BCUT2D eigenvalue weighted by atomic mass is 16.6. The van der Waals surface area contributed by atoms with Gasteiger partial charge in [0.05, 0.1) is 43.0 Å². The van der Waals surface area contributed by atoms with Crippen LogP contribution in [-0.2, 0) is 11.3 Å². The molecule has 0 amide bonds. The first-order valence-corrected chi connectivity index (χ1v) is 7.89. The summed E-state index contributed by atoms with van der Waals surface area (Å²) in [5.41, 5.74) is 0.0461. The third-order valence-electron chi connectivity index (χ3n) is 3.91. The Morgan fingerprint density at radius 2 is 2.12 bits per heavy atom. The van der Waals surface area contributed by atoms with E-state index in [-0.39, 0.29) is 23.6 Å². The van der Waals surface area contributed by atoms with Gasteiger partial charge in [-0.1, -0.05) is 0 Å². The number of benzene rings is 1. The van der Waals surface area contributed by atoms with E-state index in [0.717, 1.165) is 39.3 Å². The van der Waals surface area contributed by atoms with Crippen molar-refractivity contribution >= 4 is 11.5 Å². The molecule has 0 bridgehead atoms. The van der Waals surface area contributed by atoms with Crippen LogP contribution in [0.2, 0.25) is 0 Å². The Morgan fingerprint density at radius 3 is 2.71 bits per heavy atom. The normalized spacial score (nSPS) is 15.2. The third kappa shape index (κ3) is 4.73. The molecule has 0 unspecified atom stereocenters. The zero-order valence-corrected chi connectivity index (χ0v) is 13.7. The van der Waals surface area contributed by atoms with Gasteiger partial charge in [0.25, 0.3) is 5.69 Å². The predicted octanol–water partition coefficient (Wildman–Crippen LogP) is 1.39. The van der Waals surface area contributed by atoms with Crippen molar-refractivity contribution in [3.05, 3.63) is 33.4 Å². The van der Waals surface area contributed by atoms with Gasteiger partial charge < -0.3 is 14.6 Å². The fraction of sp³-hybridized carbons (Fsp3) is 0.562. The molecule has 1 aliphatic rings. The van der Waals surface area contributed by atoms with Crippen molar-refractivity contribution < 1.29 is 24.3 Å². The fourth-order valence-electron chi connectivity index (χ4n) is 2.60. The lowest BCUT2D eigenvalue weighted by Gasteiger charge is -2.26. The molecule has 0 aliphatic carbocycles. The van der Waals surface area contributed by atoms with Crippen molar-refractivity contribution in [2.24, 2.45) is 0 Å². The molecule has 1 aromatic carbocycles. The summed E-state index contributed by atoms with van der Waals surface area (Å²) in [4.78, 5) is 24.3. The molecule has 0 saturated carbocycles. The van der Waals surface area contributed by atoms with E-state index >= 15 is 0 Å². The first-order chi connectivity index (χ1) is 11.5. The minimum atomic E-state index is -0.613. The number of aliphatic hydroxyl groups excluding tert-OH is 1. The van der Waals surface area contributed by atoms with Gasteiger partial charge >= 0.3 is 0 Å². The average Bonchev–Trinajstić information content (AvgIpc) is 2.58. The number of nitrogens with zero attached hydrogens (tertiary/aromatic N) is 2. The van der Waals surface area contributed by atoms with Crippen LogP contribution < -0.4 is 4.74 Å². The number of nitro benzene ring substituents is 1. The number of carbonyl (C=O) groups excluding carboxylic acids is 1. The highest BCUT2D eigenvalue weighted by Gasteiger charge is 2.21. The Morgan fingerprint density at radius 1 is 1.42 bits per heavy atom. The number of rotatable bonds is 8. The predicted molar refractivity (Wildman–Crippen MR) is 86.4 cm³/mol. The topological polar surface area (TPSA) is 102 Å². The lowest BCUT2D eigenvalue weighted by atomic mass is 10.0. The van der Waals surface area contributed by atoms with Crippen LogP contribution in [0.4, 0.5) is 5.69 Å². The molecule has 1 heterocycles.